The second-order valence-corrected chi connectivity index (χ2v) is 6.01. The van der Waals surface area contributed by atoms with E-state index < -0.39 is 0 Å². The summed E-state index contributed by atoms with van der Waals surface area (Å²) in [7, 11) is 0. The van der Waals surface area contributed by atoms with E-state index in [0.29, 0.717) is 5.92 Å². The zero-order valence-electron chi connectivity index (χ0n) is 11.5. The number of fused-ring (bicyclic) bond motifs is 1. The van der Waals surface area contributed by atoms with Gasteiger partial charge in [0.2, 0.25) is 0 Å². The van der Waals surface area contributed by atoms with Gasteiger partial charge in [0.25, 0.3) is 5.91 Å². The van der Waals surface area contributed by atoms with Crippen LogP contribution in [0.2, 0.25) is 0 Å². The number of benzene rings is 1. The highest BCUT2D eigenvalue weighted by Crippen LogP contribution is 2.23. The molecule has 2 unspecified atom stereocenters. The van der Waals surface area contributed by atoms with Gasteiger partial charge in [0.05, 0.1) is 0 Å². The number of hydrogen-bond donors (Lipinski definition) is 2. The van der Waals surface area contributed by atoms with Crippen molar-refractivity contribution < 1.29 is 4.79 Å². The summed E-state index contributed by atoms with van der Waals surface area (Å²) >= 11 is 0. The summed E-state index contributed by atoms with van der Waals surface area (Å²) in [6, 6.07) is 6.44. The average molecular weight is 258 g/mol. The van der Waals surface area contributed by atoms with Crippen LogP contribution in [0.5, 0.6) is 0 Å². The first-order valence-corrected chi connectivity index (χ1v) is 7.36. The van der Waals surface area contributed by atoms with Gasteiger partial charge in [-0.1, -0.05) is 13.0 Å². The van der Waals surface area contributed by atoms with Gasteiger partial charge in [-0.3, -0.25) is 4.79 Å². The van der Waals surface area contributed by atoms with E-state index in [1.165, 1.54) is 24.0 Å². The van der Waals surface area contributed by atoms with Crippen LogP contribution < -0.4 is 10.6 Å². The molecule has 3 heteroatoms. The maximum Gasteiger partial charge on any atom is 0.251 e. The Bertz CT molecular complexity index is 484. The zero-order chi connectivity index (χ0) is 13.2. The second-order valence-electron chi connectivity index (χ2n) is 6.01. The smallest absolute Gasteiger partial charge is 0.251 e. The van der Waals surface area contributed by atoms with Crippen LogP contribution in [0.25, 0.3) is 0 Å². The Balaban J connectivity index is 1.67. The van der Waals surface area contributed by atoms with Crippen LogP contribution in [-0.4, -0.2) is 25.0 Å². The molecule has 1 fully saturated rings. The molecule has 0 aromatic heterocycles. The maximum atomic E-state index is 12.3. The van der Waals surface area contributed by atoms with Gasteiger partial charge in [-0.05, 0) is 61.4 Å². The van der Waals surface area contributed by atoms with E-state index in [0.717, 1.165) is 31.5 Å². The highest BCUT2D eigenvalue weighted by atomic mass is 16.1. The van der Waals surface area contributed by atoms with Gasteiger partial charge >= 0.3 is 0 Å². The fourth-order valence-electron chi connectivity index (χ4n) is 3.25. The van der Waals surface area contributed by atoms with Crippen molar-refractivity contribution in [3.63, 3.8) is 0 Å². The molecule has 1 aromatic rings. The lowest BCUT2D eigenvalue weighted by molar-refractivity contribution is 0.0925. The molecule has 3 rings (SSSR count). The minimum absolute atomic E-state index is 0.0793. The van der Waals surface area contributed by atoms with Crippen LogP contribution in [0.3, 0.4) is 0 Å². The van der Waals surface area contributed by atoms with Gasteiger partial charge in [0.15, 0.2) is 0 Å². The highest BCUT2D eigenvalue weighted by molar-refractivity contribution is 5.94. The van der Waals surface area contributed by atoms with Crippen LogP contribution in [0.1, 0.15) is 41.3 Å². The summed E-state index contributed by atoms with van der Waals surface area (Å²) in [5.74, 6) is 0.717. The van der Waals surface area contributed by atoms with Gasteiger partial charge in [0.1, 0.15) is 0 Å². The Hall–Kier alpha value is -1.35. The molecule has 0 spiro atoms. The van der Waals surface area contributed by atoms with Gasteiger partial charge in [-0.15, -0.1) is 0 Å². The molecule has 1 aliphatic heterocycles. The number of hydrogen-bond acceptors (Lipinski definition) is 2. The second kappa shape index (κ2) is 5.33. The van der Waals surface area contributed by atoms with Crippen molar-refractivity contribution in [2.45, 2.75) is 38.6 Å². The summed E-state index contributed by atoms with van der Waals surface area (Å²) in [4.78, 5) is 12.3. The van der Waals surface area contributed by atoms with Crippen molar-refractivity contribution in [2.24, 2.45) is 5.92 Å². The van der Waals surface area contributed by atoms with Crippen molar-refractivity contribution in [1.29, 1.82) is 0 Å². The van der Waals surface area contributed by atoms with Gasteiger partial charge < -0.3 is 10.6 Å². The third kappa shape index (κ3) is 2.81. The predicted octanol–water partition coefficient (Wildman–Crippen LogP) is 1.90. The van der Waals surface area contributed by atoms with E-state index >= 15 is 0 Å². The van der Waals surface area contributed by atoms with Crippen LogP contribution in [-0.2, 0) is 12.8 Å². The normalized spacial score (nSPS) is 25.9. The quantitative estimate of drug-likeness (QED) is 0.850. The molecule has 0 bridgehead atoms. The third-order valence-corrected chi connectivity index (χ3v) is 4.27. The van der Waals surface area contributed by atoms with E-state index in [1.807, 2.05) is 6.07 Å². The van der Waals surface area contributed by atoms with Crippen molar-refractivity contribution >= 4 is 5.91 Å². The van der Waals surface area contributed by atoms with Gasteiger partial charge in [-0.2, -0.15) is 0 Å². The van der Waals surface area contributed by atoms with E-state index in [9.17, 15) is 4.79 Å². The molecule has 0 radical (unpaired) electrons. The summed E-state index contributed by atoms with van der Waals surface area (Å²) in [6.07, 6.45) is 4.59. The molecule has 2 aliphatic rings. The lowest BCUT2D eigenvalue weighted by Gasteiger charge is -2.28. The molecule has 1 saturated heterocycles. The van der Waals surface area contributed by atoms with Crippen LogP contribution in [0.4, 0.5) is 0 Å². The Labute approximate surface area is 114 Å². The molecular weight excluding hydrogens is 236 g/mol. The van der Waals surface area contributed by atoms with E-state index in [-0.39, 0.29) is 11.9 Å². The topological polar surface area (TPSA) is 41.1 Å². The Kier molecular flexibility index (Phi) is 3.56. The van der Waals surface area contributed by atoms with E-state index in [2.05, 4.69) is 29.7 Å². The number of rotatable bonds is 2. The molecule has 1 heterocycles. The zero-order valence-corrected chi connectivity index (χ0v) is 11.5. The highest BCUT2D eigenvalue weighted by Gasteiger charge is 2.21. The van der Waals surface area contributed by atoms with Crippen LogP contribution in [0, 0.1) is 5.92 Å². The first-order valence-electron chi connectivity index (χ1n) is 7.36. The molecule has 1 amide bonds. The fourth-order valence-corrected chi connectivity index (χ4v) is 3.25. The number of amides is 1. The lowest BCUT2D eigenvalue weighted by atomic mass is 9.97. The van der Waals surface area contributed by atoms with Crippen molar-refractivity contribution in [3.8, 4) is 0 Å². The molecule has 3 nitrogen and oxygen atoms in total. The summed E-state index contributed by atoms with van der Waals surface area (Å²) < 4.78 is 0. The molecule has 1 aliphatic carbocycles. The minimum atomic E-state index is 0.0793. The van der Waals surface area contributed by atoms with E-state index in [1.54, 1.807) is 0 Å². The largest absolute Gasteiger partial charge is 0.348 e. The van der Waals surface area contributed by atoms with Crippen LogP contribution in [0.15, 0.2) is 18.2 Å². The van der Waals surface area contributed by atoms with Gasteiger partial charge in [0, 0.05) is 18.2 Å². The van der Waals surface area contributed by atoms with Crippen molar-refractivity contribution in [1.82, 2.24) is 10.6 Å². The summed E-state index contributed by atoms with van der Waals surface area (Å²) in [5.41, 5.74) is 3.60. The molecule has 1 aromatic carbocycles. The first-order chi connectivity index (χ1) is 9.22. The molecule has 19 heavy (non-hydrogen) atoms. The number of carbonyl (C=O) groups excluding carboxylic acids is 1. The van der Waals surface area contributed by atoms with Gasteiger partial charge in [-0.25, -0.2) is 0 Å². The average Bonchev–Trinajstić information content (AvgIpc) is 2.85. The molecular formula is C16H22N2O. The number of nitrogens with one attached hydrogen (secondary N) is 2. The Morgan fingerprint density at radius 1 is 1.26 bits per heavy atom. The fraction of sp³-hybridized carbons (Fsp3) is 0.562. The van der Waals surface area contributed by atoms with E-state index in [4.69, 9.17) is 0 Å². The molecule has 2 N–H and O–H groups in total. The minimum Gasteiger partial charge on any atom is -0.348 e. The predicted molar refractivity (Wildman–Crippen MR) is 76.4 cm³/mol. The number of carbonyl (C=O) groups is 1. The first kappa shape index (κ1) is 12.7. The SMILES string of the molecule is CC1CNCC(NC(=O)c2ccc3c(c2)CCC3)C1. The maximum absolute atomic E-state index is 12.3. The molecule has 0 saturated carbocycles. The standard InChI is InChI=1S/C16H22N2O/c1-11-7-15(10-17-9-11)18-16(19)14-6-5-12-3-2-4-13(12)8-14/h5-6,8,11,15,17H,2-4,7,9-10H2,1H3,(H,18,19). The molecule has 2 atom stereocenters. The number of aryl methyl sites for hydroxylation is 2. The van der Waals surface area contributed by atoms with Crippen LogP contribution >= 0.6 is 0 Å². The summed E-state index contributed by atoms with van der Waals surface area (Å²) in [6.45, 7) is 4.17. The molecule has 102 valence electrons. The lowest BCUT2D eigenvalue weighted by Crippen LogP contribution is -2.48. The third-order valence-electron chi connectivity index (χ3n) is 4.27. The Morgan fingerprint density at radius 3 is 2.95 bits per heavy atom. The monoisotopic (exact) mass is 258 g/mol. The summed E-state index contributed by atoms with van der Waals surface area (Å²) in [5, 5.41) is 6.52. The number of piperidine rings is 1. The van der Waals surface area contributed by atoms with Crippen molar-refractivity contribution in [3.05, 3.63) is 34.9 Å². The Morgan fingerprint density at radius 2 is 2.11 bits per heavy atom. The van der Waals surface area contributed by atoms with Crippen molar-refractivity contribution in [2.75, 3.05) is 13.1 Å².